The average Bonchev–Trinajstić information content (AvgIpc) is 3.39. The van der Waals surface area contributed by atoms with Gasteiger partial charge in [0.15, 0.2) is 21.9 Å². The van der Waals surface area contributed by atoms with E-state index in [-0.39, 0.29) is 5.76 Å². The number of amides is 1. The van der Waals surface area contributed by atoms with Crippen molar-refractivity contribution < 1.29 is 28.2 Å². The van der Waals surface area contributed by atoms with Crippen LogP contribution in [0.4, 0.5) is 0 Å². The second-order valence-electron chi connectivity index (χ2n) is 7.07. The molecule has 0 N–H and O–H groups in total. The molecule has 2 aromatic heterocycles. The number of carbonyl (C=O) groups is 2. The highest BCUT2D eigenvalue weighted by Crippen LogP contribution is 2.29. The molecule has 0 aliphatic carbocycles. The van der Waals surface area contributed by atoms with Gasteiger partial charge in [0.1, 0.15) is 0 Å². The van der Waals surface area contributed by atoms with E-state index in [2.05, 4.69) is 4.99 Å². The summed E-state index contributed by atoms with van der Waals surface area (Å²) in [6, 6.07) is 12.4. The number of furan rings is 1. The highest BCUT2D eigenvalue weighted by molar-refractivity contribution is 7.16. The zero-order chi connectivity index (χ0) is 23.4. The van der Waals surface area contributed by atoms with Crippen LogP contribution in [-0.4, -0.2) is 43.4 Å². The van der Waals surface area contributed by atoms with Crippen molar-refractivity contribution in [2.75, 3.05) is 26.9 Å². The molecule has 2 heterocycles. The molecule has 0 atom stereocenters. The first-order valence-electron chi connectivity index (χ1n) is 10.6. The van der Waals surface area contributed by atoms with Crippen molar-refractivity contribution >= 4 is 44.4 Å². The number of hydrogen-bond donors (Lipinski definition) is 0. The number of esters is 1. The van der Waals surface area contributed by atoms with Crippen LogP contribution >= 0.6 is 11.3 Å². The van der Waals surface area contributed by atoms with Gasteiger partial charge in [0, 0.05) is 19.0 Å². The fourth-order valence-corrected chi connectivity index (χ4v) is 4.55. The summed E-state index contributed by atoms with van der Waals surface area (Å²) in [5.41, 5.74) is 1.81. The van der Waals surface area contributed by atoms with Crippen molar-refractivity contribution in [2.45, 2.75) is 20.4 Å². The van der Waals surface area contributed by atoms with E-state index in [1.807, 2.05) is 29.7 Å². The van der Waals surface area contributed by atoms with E-state index in [1.54, 1.807) is 38.3 Å². The van der Waals surface area contributed by atoms with Crippen LogP contribution in [0.25, 0.3) is 21.2 Å². The van der Waals surface area contributed by atoms with Crippen LogP contribution in [0.1, 0.15) is 34.8 Å². The Hall–Kier alpha value is -3.43. The lowest BCUT2D eigenvalue weighted by Gasteiger charge is -2.05. The van der Waals surface area contributed by atoms with E-state index in [4.69, 9.17) is 18.6 Å². The number of thiazole rings is 1. The summed E-state index contributed by atoms with van der Waals surface area (Å²) in [7, 11) is 1.61. The zero-order valence-electron chi connectivity index (χ0n) is 18.6. The minimum absolute atomic E-state index is 0.125. The van der Waals surface area contributed by atoms with Gasteiger partial charge in [-0.05, 0) is 44.2 Å². The molecule has 0 bridgehead atoms. The zero-order valence-corrected chi connectivity index (χ0v) is 19.4. The molecular weight excluding hydrogens is 444 g/mol. The van der Waals surface area contributed by atoms with Crippen LogP contribution in [0.5, 0.6) is 5.75 Å². The number of carbonyl (C=O) groups excluding carboxylic acids is 2. The second-order valence-corrected chi connectivity index (χ2v) is 8.08. The number of nitrogens with zero attached hydrogens (tertiary/aromatic N) is 2. The molecule has 0 aliphatic rings. The number of rotatable bonds is 8. The SMILES string of the molecule is CCOC(=O)c1ccc2c(c1)sc(=NC(=O)c1cc3cccc(OCC)c3o1)n2CCOC. The highest BCUT2D eigenvalue weighted by Gasteiger charge is 2.17. The molecule has 172 valence electrons. The molecule has 2 aromatic carbocycles. The monoisotopic (exact) mass is 468 g/mol. The maximum atomic E-state index is 13.0. The van der Waals surface area contributed by atoms with Gasteiger partial charge in [-0.2, -0.15) is 4.99 Å². The van der Waals surface area contributed by atoms with E-state index in [0.717, 1.165) is 15.6 Å². The molecule has 0 radical (unpaired) electrons. The average molecular weight is 469 g/mol. The topological polar surface area (TPSA) is 92.3 Å². The van der Waals surface area contributed by atoms with Crippen LogP contribution in [0.2, 0.25) is 0 Å². The first kappa shape index (κ1) is 22.8. The highest BCUT2D eigenvalue weighted by atomic mass is 32.1. The summed E-state index contributed by atoms with van der Waals surface area (Å²) >= 11 is 1.31. The standard InChI is InChI=1S/C24H24N2O6S/c1-4-30-18-8-6-7-15-13-19(32-21(15)18)22(27)25-24-26(11-12-29-3)17-10-9-16(14-20(17)33-24)23(28)31-5-2/h6-10,13-14H,4-5,11-12H2,1-3H3. The normalized spacial score (nSPS) is 11.9. The lowest BCUT2D eigenvalue weighted by molar-refractivity contribution is 0.0526. The summed E-state index contributed by atoms with van der Waals surface area (Å²) in [6.45, 7) is 5.37. The predicted molar refractivity (Wildman–Crippen MR) is 125 cm³/mol. The summed E-state index contributed by atoms with van der Waals surface area (Å²) in [5, 5.41) is 0.766. The first-order chi connectivity index (χ1) is 16.0. The Balaban J connectivity index is 1.77. The van der Waals surface area contributed by atoms with Crippen molar-refractivity contribution in [2.24, 2.45) is 4.99 Å². The quantitative estimate of drug-likeness (QED) is 0.356. The Kier molecular flexibility index (Phi) is 6.90. The largest absolute Gasteiger partial charge is 0.490 e. The van der Waals surface area contributed by atoms with Gasteiger partial charge < -0.3 is 23.2 Å². The minimum atomic E-state index is -0.503. The van der Waals surface area contributed by atoms with E-state index in [0.29, 0.717) is 48.1 Å². The van der Waals surface area contributed by atoms with Gasteiger partial charge in [0.25, 0.3) is 0 Å². The Morgan fingerprint density at radius 1 is 1.12 bits per heavy atom. The Labute approximate surface area is 194 Å². The molecule has 1 amide bonds. The van der Waals surface area contributed by atoms with Crippen molar-refractivity contribution in [3.8, 4) is 5.75 Å². The molecule has 0 spiro atoms. The number of fused-ring (bicyclic) bond motifs is 2. The number of aromatic nitrogens is 1. The Bertz CT molecular complexity index is 1380. The third-order valence-electron chi connectivity index (χ3n) is 4.93. The number of benzene rings is 2. The van der Waals surface area contributed by atoms with Gasteiger partial charge in [-0.3, -0.25) is 4.79 Å². The molecule has 0 saturated heterocycles. The van der Waals surface area contributed by atoms with Crippen LogP contribution in [0.15, 0.2) is 51.9 Å². The van der Waals surface area contributed by atoms with Crippen molar-refractivity contribution in [3.05, 3.63) is 58.6 Å². The fraction of sp³-hybridized carbons (Fsp3) is 0.292. The summed E-state index contributed by atoms with van der Waals surface area (Å²) in [6.07, 6.45) is 0. The van der Waals surface area contributed by atoms with Crippen LogP contribution < -0.4 is 9.54 Å². The molecule has 9 heteroatoms. The number of para-hydroxylation sites is 1. The second kappa shape index (κ2) is 10.0. The number of methoxy groups -OCH3 is 1. The smallest absolute Gasteiger partial charge is 0.338 e. The van der Waals surface area contributed by atoms with E-state index in [1.165, 1.54) is 11.3 Å². The summed E-state index contributed by atoms with van der Waals surface area (Å²) < 4.78 is 24.4. The van der Waals surface area contributed by atoms with Crippen LogP contribution in [0, 0.1) is 0 Å². The third-order valence-corrected chi connectivity index (χ3v) is 5.97. The molecule has 33 heavy (non-hydrogen) atoms. The van der Waals surface area contributed by atoms with Gasteiger partial charge in [0.05, 0.1) is 35.6 Å². The predicted octanol–water partition coefficient (Wildman–Crippen LogP) is 4.41. The van der Waals surface area contributed by atoms with Crippen molar-refractivity contribution in [3.63, 3.8) is 0 Å². The molecule has 8 nitrogen and oxygen atoms in total. The molecule has 4 aromatic rings. The lowest BCUT2D eigenvalue weighted by atomic mass is 10.2. The lowest BCUT2D eigenvalue weighted by Crippen LogP contribution is -2.19. The Morgan fingerprint density at radius 2 is 1.97 bits per heavy atom. The molecule has 0 aliphatic heterocycles. The molecular formula is C24H24N2O6S. The van der Waals surface area contributed by atoms with E-state index >= 15 is 0 Å². The first-order valence-corrected chi connectivity index (χ1v) is 11.4. The maximum absolute atomic E-state index is 13.0. The van der Waals surface area contributed by atoms with E-state index in [9.17, 15) is 9.59 Å². The van der Waals surface area contributed by atoms with E-state index < -0.39 is 11.9 Å². The van der Waals surface area contributed by atoms with Crippen LogP contribution in [-0.2, 0) is 16.0 Å². The van der Waals surface area contributed by atoms with Crippen molar-refractivity contribution in [1.29, 1.82) is 0 Å². The maximum Gasteiger partial charge on any atom is 0.338 e. The Morgan fingerprint density at radius 3 is 2.73 bits per heavy atom. The summed E-state index contributed by atoms with van der Waals surface area (Å²) in [5.74, 6) is -0.187. The molecule has 0 saturated carbocycles. The molecule has 4 rings (SSSR count). The van der Waals surface area contributed by atoms with Gasteiger partial charge >= 0.3 is 11.9 Å². The minimum Gasteiger partial charge on any atom is -0.490 e. The van der Waals surface area contributed by atoms with Crippen molar-refractivity contribution in [1.82, 2.24) is 4.57 Å². The van der Waals surface area contributed by atoms with Crippen LogP contribution in [0.3, 0.4) is 0 Å². The fourth-order valence-electron chi connectivity index (χ4n) is 3.45. The number of ether oxygens (including phenoxy) is 3. The van der Waals surface area contributed by atoms with Gasteiger partial charge in [-0.1, -0.05) is 23.5 Å². The molecule has 0 fully saturated rings. The van der Waals surface area contributed by atoms with Gasteiger partial charge in [-0.25, -0.2) is 4.79 Å². The molecule has 0 unspecified atom stereocenters. The third kappa shape index (κ3) is 4.69. The van der Waals surface area contributed by atoms with Gasteiger partial charge in [-0.15, -0.1) is 0 Å². The summed E-state index contributed by atoms with van der Waals surface area (Å²) in [4.78, 5) is 30.0. The number of hydrogen-bond acceptors (Lipinski definition) is 7. The van der Waals surface area contributed by atoms with Gasteiger partial charge in [0.2, 0.25) is 0 Å².